The number of carbonyl (C=O) groups excluding carboxylic acids is 1. The largest absolute Gasteiger partial charge is 0.458 e. The molecule has 0 aliphatic carbocycles. The van der Waals surface area contributed by atoms with Crippen LogP contribution < -0.4 is 5.32 Å². The Hall–Kier alpha value is -2.22. The van der Waals surface area contributed by atoms with Crippen molar-refractivity contribution in [2.75, 3.05) is 6.61 Å². The molecule has 7 heteroatoms. The highest BCUT2D eigenvalue weighted by molar-refractivity contribution is 7.12. The van der Waals surface area contributed by atoms with Gasteiger partial charge in [0.15, 0.2) is 11.5 Å². The van der Waals surface area contributed by atoms with E-state index in [-0.39, 0.29) is 17.9 Å². The number of aliphatic hydroxyl groups is 1. The van der Waals surface area contributed by atoms with E-state index in [1.54, 1.807) is 6.92 Å². The van der Waals surface area contributed by atoms with Crippen LogP contribution in [0.3, 0.4) is 0 Å². The third-order valence-corrected chi connectivity index (χ3v) is 5.12. The highest BCUT2D eigenvalue weighted by atomic mass is 32.1. The SMILES string of the molecule is CC(=O)c1cc(Cn2ccc(-c3ccc(CNC(C)(C)CO)o3)n2)cs1. The van der Waals surface area contributed by atoms with E-state index in [0.29, 0.717) is 18.8 Å². The van der Waals surface area contributed by atoms with Crippen LogP contribution in [0.2, 0.25) is 0 Å². The van der Waals surface area contributed by atoms with Gasteiger partial charge in [0.25, 0.3) is 0 Å². The molecule has 2 N–H and O–H groups in total. The van der Waals surface area contributed by atoms with Crippen LogP contribution in [0.1, 0.15) is 41.8 Å². The molecule has 26 heavy (non-hydrogen) atoms. The third-order valence-electron chi connectivity index (χ3n) is 4.04. The van der Waals surface area contributed by atoms with E-state index in [2.05, 4.69) is 10.4 Å². The second-order valence-corrected chi connectivity index (χ2v) is 7.85. The van der Waals surface area contributed by atoms with Gasteiger partial charge in [-0.2, -0.15) is 5.10 Å². The molecular formula is C19H23N3O3S. The van der Waals surface area contributed by atoms with Crippen molar-refractivity contribution in [3.05, 3.63) is 52.0 Å². The first-order chi connectivity index (χ1) is 12.4. The van der Waals surface area contributed by atoms with Gasteiger partial charge in [0.05, 0.1) is 24.6 Å². The highest BCUT2D eigenvalue weighted by Gasteiger charge is 2.16. The lowest BCUT2D eigenvalue weighted by molar-refractivity contribution is 0.102. The molecule has 3 aromatic rings. The van der Waals surface area contributed by atoms with E-state index in [4.69, 9.17) is 4.42 Å². The van der Waals surface area contributed by atoms with Crippen molar-refractivity contribution in [1.82, 2.24) is 15.1 Å². The molecule has 3 rings (SSSR count). The second-order valence-electron chi connectivity index (χ2n) is 6.94. The van der Waals surface area contributed by atoms with Crippen molar-refractivity contribution in [3.8, 4) is 11.5 Å². The number of thiophene rings is 1. The van der Waals surface area contributed by atoms with Crippen LogP contribution in [-0.4, -0.2) is 32.8 Å². The van der Waals surface area contributed by atoms with E-state index in [1.807, 2.05) is 54.4 Å². The summed E-state index contributed by atoms with van der Waals surface area (Å²) in [5, 5.41) is 19.1. The molecule has 0 atom stereocenters. The summed E-state index contributed by atoms with van der Waals surface area (Å²) in [6.45, 7) is 6.65. The second kappa shape index (κ2) is 7.57. The summed E-state index contributed by atoms with van der Waals surface area (Å²) >= 11 is 1.46. The molecule has 6 nitrogen and oxygen atoms in total. The van der Waals surface area contributed by atoms with Crippen LogP contribution in [0.25, 0.3) is 11.5 Å². The molecule has 3 heterocycles. The smallest absolute Gasteiger partial charge is 0.169 e. The first-order valence-corrected chi connectivity index (χ1v) is 9.31. The van der Waals surface area contributed by atoms with Crippen molar-refractivity contribution in [2.45, 2.75) is 39.4 Å². The Labute approximate surface area is 156 Å². The lowest BCUT2D eigenvalue weighted by atomic mass is 10.1. The predicted octanol–water partition coefficient (Wildman–Crippen LogP) is 3.32. The van der Waals surface area contributed by atoms with Gasteiger partial charge in [-0.1, -0.05) is 0 Å². The summed E-state index contributed by atoms with van der Waals surface area (Å²) < 4.78 is 7.68. The van der Waals surface area contributed by atoms with Gasteiger partial charge in [-0.25, -0.2) is 0 Å². The Balaban J connectivity index is 1.65. The number of nitrogens with one attached hydrogen (secondary N) is 1. The average molecular weight is 373 g/mol. The Kier molecular flexibility index (Phi) is 5.41. The highest BCUT2D eigenvalue weighted by Crippen LogP contribution is 2.22. The van der Waals surface area contributed by atoms with E-state index in [0.717, 1.165) is 21.9 Å². The third kappa shape index (κ3) is 4.49. The topological polar surface area (TPSA) is 80.3 Å². The molecule has 0 saturated carbocycles. The van der Waals surface area contributed by atoms with E-state index in [1.165, 1.54) is 11.3 Å². The molecule has 0 aliphatic rings. The molecule has 0 radical (unpaired) electrons. The van der Waals surface area contributed by atoms with Crippen LogP contribution in [0.15, 0.2) is 40.3 Å². The van der Waals surface area contributed by atoms with Gasteiger partial charge in [-0.05, 0) is 56.0 Å². The fourth-order valence-corrected chi connectivity index (χ4v) is 3.21. The van der Waals surface area contributed by atoms with Crippen molar-refractivity contribution in [3.63, 3.8) is 0 Å². The molecule has 0 spiro atoms. The Morgan fingerprint density at radius 2 is 2.19 bits per heavy atom. The molecule has 0 saturated heterocycles. The minimum atomic E-state index is -0.353. The van der Waals surface area contributed by atoms with Crippen LogP contribution in [0.4, 0.5) is 0 Å². The summed E-state index contributed by atoms with van der Waals surface area (Å²) in [6, 6.07) is 7.63. The van der Waals surface area contributed by atoms with Crippen molar-refractivity contribution in [1.29, 1.82) is 0 Å². The number of carbonyl (C=O) groups is 1. The number of nitrogens with zero attached hydrogens (tertiary/aromatic N) is 2. The zero-order valence-electron chi connectivity index (χ0n) is 15.2. The van der Waals surface area contributed by atoms with Crippen molar-refractivity contribution >= 4 is 17.1 Å². The fourth-order valence-electron chi connectivity index (χ4n) is 2.40. The summed E-state index contributed by atoms with van der Waals surface area (Å²) in [7, 11) is 0. The lowest BCUT2D eigenvalue weighted by Gasteiger charge is -2.22. The first-order valence-electron chi connectivity index (χ1n) is 8.43. The maximum Gasteiger partial charge on any atom is 0.169 e. The van der Waals surface area contributed by atoms with Gasteiger partial charge < -0.3 is 14.8 Å². The number of hydrogen-bond donors (Lipinski definition) is 2. The Morgan fingerprint density at radius 1 is 1.38 bits per heavy atom. The fraction of sp³-hybridized carbons (Fsp3) is 0.368. The Morgan fingerprint density at radius 3 is 2.88 bits per heavy atom. The monoisotopic (exact) mass is 373 g/mol. The number of ketones is 1. The molecule has 0 amide bonds. The molecule has 0 bridgehead atoms. The van der Waals surface area contributed by atoms with Gasteiger partial charge in [0.1, 0.15) is 11.5 Å². The summed E-state index contributed by atoms with van der Waals surface area (Å²) in [4.78, 5) is 12.2. The Bertz CT molecular complexity index is 891. The normalized spacial score (nSPS) is 11.8. The number of Topliss-reactive ketones (excluding diaryl/α,β-unsaturated/α-hetero) is 1. The molecule has 3 aromatic heterocycles. The summed E-state index contributed by atoms with van der Waals surface area (Å²) in [5.41, 5.74) is 1.47. The molecule has 0 unspecified atom stereocenters. The van der Waals surface area contributed by atoms with Gasteiger partial charge in [0, 0.05) is 11.7 Å². The van der Waals surface area contributed by atoms with E-state index >= 15 is 0 Å². The van der Waals surface area contributed by atoms with E-state index < -0.39 is 0 Å². The summed E-state index contributed by atoms with van der Waals surface area (Å²) in [6.07, 6.45) is 1.90. The maximum absolute atomic E-state index is 11.4. The van der Waals surface area contributed by atoms with Crippen LogP contribution in [0, 0.1) is 0 Å². The minimum absolute atomic E-state index is 0.0545. The van der Waals surface area contributed by atoms with Crippen molar-refractivity contribution < 1.29 is 14.3 Å². The minimum Gasteiger partial charge on any atom is -0.458 e. The number of furan rings is 1. The van der Waals surface area contributed by atoms with Crippen LogP contribution in [0.5, 0.6) is 0 Å². The van der Waals surface area contributed by atoms with Gasteiger partial charge in [-0.3, -0.25) is 9.48 Å². The maximum atomic E-state index is 11.4. The molecule has 0 fully saturated rings. The molecule has 0 aliphatic heterocycles. The van der Waals surface area contributed by atoms with Gasteiger partial charge in [-0.15, -0.1) is 11.3 Å². The molecular weight excluding hydrogens is 350 g/mol. The summed E-state index contributed by atoms with van der Waals surface area (Å²) in [5.74, 6) is 1.58. The lowest BCUT2D eigenvalue weighted by Crippen LogP contribution is -2.41. The van der Waals surface area contributed by atoms with Gasteiger partial charge in [0.2, 0.25) is 0 Å². The van der Waals surface area contributed by atoms with Crippen LogP contribution in [-0.2, 0) is 13.1 Å². The zero-order chi connectivity index (χ0) is 18.7. The number of aliphatic hydroxyl groups excluding tert-OH is 1. The predicted molar refractivity (Wildman–Crippen MR) is 101 cm³/mol. The number of rotatable bonds is 8. The number of hydrogen-bond acceptors (Lipinski definition) is 6. The first kappa shape index (κ1) is 18.6. The molecule has 138 valence electrons. The molecule has 0 aromatic carbocycles. The standard InChI is InChI=1S/C19H23N3O3S/c1-13(24)18-8-14(11-26-18)10-22-7-6-16(21-22)17-5-4-15(25-17)9-20-19(2,3)12-23/h4-8,11,20,23H,9-10,12H2,1-3H3. The number of aromatic nitrogens is 2. The van der Waals surface area contributed by atoms with Gasteiger partial charge >= 0.3 is 0 Å². The quantitative estimate of drug-likeness (QED) is 0.592. The van der Waals surface area contributed by atoms with Crippen LogP contribution >= 0.6 is 11.3 Å². The van der Waals surface area contributed by atoms with E-state index in [9.17, 15) is 9.90 Å². The average Bonchev–Trinajstić information content (AvgIpc) is 3.34. The zero-order valence-corrected chi connectivity index (χ0v) is 16.0. The van der Waals surface area contributed by atoms with Crippen molar-refractivity contribution in [2.24, 2.45) is 0 Å².